The molecule has 5 nitrogen and oxygen atoms in total. The summed E-state index contributed by atoms with van der Waals surface area (Å²) in [5, 5.41) is 0. The zero-order valence-electron chi connectivity index (χ0n) is 17.1. The number of carbonyl (C=O) groups excluding carboxylic acids is 1. The van der Waals surface area contributed by atoms with Crippen LogP contribution in [0.2, 0.25) is 0 Å². The summed E-state index contributed by atoms with van der Waals surface area (Å²) in [6.07, 6.45) is 7.48. The zero-order valence-corrected chi connectivity index (χ0v) is 17.9. The second-order valence-electron chi connectivity index (χ2n) is 7.28. The first-order valence-electron chi connectivity index (χ1n) is 10.1. The first kappa shape index (κ1) is 20.6. The predicted molar refractivity (Wildman–Crippen MR) is 117 cm³/mol. The first-order valence-corrected chi connectivity index (χ1v) is 11.1. The molecule has 0 aromatic heterocycles. The average molecular weight is 402 g/mol. The molecule has 152 valence electrons. The summed E-state index contributed by atoms with van der Waals surface area (Å²) in [6, 6.07) is 7.97. The topological polar surface area (TPSA) is 44.8 Å². The van der Waals surface area contributed by atoms with Gasteiger partial charge < -0.3 is 19.3 Å². The molecular weight excluding hydrogens is 370 g/mol. The van der Waals surface area contributed by atoms with E-state index < -0.39 is 0 Å². The van der Waals surface area contributed by atoms with Crippen LogP contribution in [-0.2, 0) is 4.74 Å². The lowest BCUT2D eigenvalue weighted by Crippen LogP contribution is -2.53. The Balaban J connectivity index is 1.61. The standard InChI is InChI=1S/C22H31N3O2S/c1-4-15-28-23-19-11-9-18(10-12-19)22(26)25-14-13-24(16-17(25)2)20-7-5-6-8-21(20)27-3/h5,7,9-12,17,23H,4,6,8,13-16H2,1-3H3. The van der Waals surface area contributed by atoms with Crippen molar-refractivity contribution in [2.45, 2.75) is 39.2 Å². The molecule has 2 aliphatic rings. The summed E-state index contributed by atoms with van der Waals surface area (Å²) in [4.78, 5) is 17.4. The predicted octanol–water partition coefficient (Wildman–Crippen LogP) is 4.51. The van der Waals surface area contributed by atoms with Crippen molar-refractivity contribution < 1.29 is 9.53 Å². The minimum absolute atomic E-state index is 0.111. The number of nitrogens with zero attached hydrogens (tertiary/aromatic N) is 2. The number of rotatable bonds is 7. The highest BCUT2D eigenvalue weighted by atomic mass is 32.2. The van der Waals surface area contributed by atoms with Gasteiger partial charge in [0.1, 0.15) is 5.76 Å². The van der Waals surface area contributed by atoms with E-state index in [0.29, 0.717) is 0 Å². The van der Waals surface area contributed by atoms with Gasteiger partial charge in [0.05, 0.1) is 12.8 Å². The van der Waals surface area contributed by atoms with Crippen molar-refractivity contribution in [3.8, 4) is 0 Å². The molecule has 3 rings (SSSR count). The van der Waals surface area contributed by atoms with E-state index in [1.165, 1.54) is 5.70 Å². The Hall–Kier alpha value is -2.08. The van der Waals surface area contributed by atoms with Gasteiger partial charge >= 0.3 is 0 Å². The van der Waals surface area contributed by atoms with E-state index in [4.69, 9.17) is 4.74 Å². The molecular formula is C22H31N3O2S. The lowest BCUT2D eigenvalue weighted by molar-refractivity contribution is 0.0539. The summed E-state index contributed by atoms with van der Waals surface area (Å²) >= 11 is 1.69. The van der Waals surface area contributed by atoms with Gasteiger partial charge in [-0.3, -0.25) is 4.79 Å². The van der Waals surface area contributed by atoms with Crippen LogP contribution in [0.5, 0.6) is 0 Å². The van der Waals surface area contributed by atoms with Crippen LogP contribution in [0, 0.1) is 0 Å². The van der Waals surface area contributed by atoms with Crippen LogP contribution in [0.1, 0.15) is 43.5 Å². The molecule has 1 saturated heterocycles. The summed E-state index contributed by atoms with van der Waals surface area (Å²) in [5.41, 5.74) is 2.96. The molecule has 1 aliphatic heterocycles. The number of methoxy groups -OCH3 is 1. The quantitative estimate of drug-likeness (QED) is 0.538. The summed E-state index contributed by atoms with van der Waals surface area (Å²) < 4.78 is 8.89. The van der Waals surface area contributed by atoms with Crippen molar-refractivity contribution in [1.82, 2.24) is 9.80 Å². The fourth-order valence-electron chi connectivity index (χ4n) is 3.68. The van der Waals surface area contributed by atoms with Crippen LogP contribution in [-0.4, -0.2) is 54.2 Å². The molecule has 0 saturated carbocycles. The number of ether oxygens (including phenoxy) is 1. The number of anilines is 1. The first-order chi connectivity index (χ1) is 13.6. The molecule has 1 N–H and O–H groups in total. The number of amides is 1. The third-order valence-electron chi connectivity index (χ3n) is 5.20. The minimum Gasteiger partial charge on any atom is -0.499 e. The summed E-state index contributed by atoms with van der Waals surface area (Å²) in [7, 11) is 1.75. The molecule has 1 unspecified atom stereocenters. The molecule has 1 amide bonds. The van der Waals surface area contributed by atoms with E-state index in [1.54, 1.807) is 19.1 Å². The van der Waals surface area contributed by atoms with Crippen LogP contribution in [0.25, 0.3) is 0 Å². The molecule has 1 atom stereocenters. The van der Waals surface area contributed by atoms with Gasteiger partial charge in [0.2, 0.25) is 0 Å². The van der Waals surface area contributed by atoms with Gasteiger partial charge in [0.15, 0.2) is 0 Å². The van der Waals surface area contributed by atoms with Gasteiger partial charge in [-0.05, 0) is 50.1 Å². The molecule has 6 heteroatoms. The van der Waals surface area contributed by atoms with Crippen LogP contribution < -0.4 is 4.72 Å². The molecule has 1 aromatic rings. The summed E-state index contributed by atoms with van der Waals surface area (Å²) in [5.74, 6) is 2.23. The van der Waals surface area contributed by atoms with E-state index in [1.807, 2.05) is 29.2 Å². The Morgan fingerprint density at radius 3 is 2.75 bits per heavy atom. The van der Waals surface area contributed by atoms with E-state index in [-0.39, 0.29) is 11.9 Å². The van der Waals surface area contributed by atoms with E-state index in [2.05, 4.69) is 35.6 Å². The van der Waals surface area contributed by atoms with Crippen LogP contribution in [0.3, 0.4) is 0 Å². The number of hydrogen-bond donors (Lipinski definition) is 1. The largest absolute Gasteiger partial charge is 0.499 e. The summed E-state index contributed by atoms with van der Waals surface area (Å²) in [6.45, 7) is 6.66. The number of carbonyl (C=O) groups is 1. The van der Waals surface area contributed by atoms with E-state index in [0.717, 1.165) is 61.7 Å². The monoisotopic (exact) mass is 401 g/mol. The van der Waals surface area contributed by atoms with Crippen molar-refractivity contribution >= 4 is 23.5 Å². The maximum absolute atomic E-state index is 13.0. The van der Waals surface area contributed by atoms with Gasteiger partial charge in [-0.15, -0.1) is 0 Å². The molecule has 0 radical (unpaired) electrons. The lowest BCUT2D eigenvalue weighted by Gasteiger charge is -2.42. The Kier molecular flexibility index (Phi) is 7.31. The lowest BCUT2D eigenvalue weighted by atomic mass is 10.1. The Bertz CT molecular complexity index is 730. The number of allylic oxidation sites excluding steroid dienone is 3. The molecule has 1 aliphatic carbocycles. The molecule has 0 spiro atoms. The van der Waals surface area contributed by atoms with E-state index in [9.17, 15) is 4.79 Å². The zero-order chi connectivity index (χ0) is 19.9. The van der Waals surface area contributed by atoms with Gasteiger partial charge in [-0.2, -0.15) is 0 Å². The highest BCUT2D eigenvalue weighted by Gasteiger charge is 2.30. The van der Waals surface area contributed by atoms with Crippen molar-refractivity contribution in [1.29, 1.82) is 0 Å². The fraction of sp³-hybridized carbons (Fsp3) is 0.500. The molecule has 28 heavy (non-hydrogen) atoms. The smallest absolute Gasteiger partial charge is 0.254 e. The fourth-order valence-corrected chi connectivity index (χ4v) is 4.29. The van der Waals surface area contributed by atoms with Crippen LogP contribution >= 0.6 is 11.9 Å². The number of hydrogen-bond acceptors (Lipinski definition) is 5. The maximum Gasteiger partial charge on any atom is 0.254 e. The van der Waals surface area contributed by atoms with E-state index >= 15 is 0 Å². The Labute approximate surface area is 172 Å². The normalized spacial score (nSPS) is 19.8. The number of nitrogens with one attached hydrogen (secondary N) is 1. The average Bonchev–Trinajstić information content (AvgIpc) is 2.74. The third-order valence-corrected chi connectivity index (χ3v) is 6.20. The van der Waals surface area contributed by atoms with Gasteiger partial charge in [-0.1, -0.05) is 24.9 Å². The SMILES string of the molecule is CCCSNc1ccc(C(=O)N2CCN(C3=C(OC)CCC=C3)CC2C)cc1. The molecule has 1 aromatic carbocycles. The molecule has 1 heterocycles. The maximum atomic E-state index is 13.0. The Morgan fingerprint density at radius 1 is 1.29 bits per heavy atom. The van der Waals surface area contributed by atoms with Gasteiger partial charge in [-0.25, -0.2) is 0 Å². The minimum atomic E-state index is 0.111. The Morgan fingerprint density at radius 2 is 2.07 bits per heavy atom. The van der Waals surface area contributed by atoms with Crippen molar-refractivity contribution in [2.75, 3.05) is 37.2 Å². The second-order valence-corrected chi connectivity index (χ2v) is 8.18. The van der Waals surface area contributed by atoms with Crippen LogP contribution in [0.15, 0.2) is 47.9 Å². The second kappa shape index (κ2) is 9.92. The highest BCUT2D eigenvalue weighted by Crippen LogP contribution is 2.26. The number of benzene rings is 1. The van der Waals surface area contributed by atoms with Crippen molar-refractivity contribution in [3.63, 3.8) is 0 Å². The highest BCUT2D eigenvalue weighted by molar-refractivity contribution is 8.00. The molecule has 1 fully saturated rings. The van der Waals surface area contributed by atoms with Crippen molar-refractivity contribution in [3.05, 3.63) is 53.4 Å². The van der Waals surface area contributed by atoms with Gasteiger partial charge in [0, 0.05) is 49.1 Å². The third kappa shape index (κ3) is 4.85. The number of piperazine rings is 1. The molecule has 0 bridgehead atoms. The van der Waals surface area contributed by atoms with Gasteiger partial charge in [0.25, 0.3) is 5.91 Å². The van der Waals surface area contributed by atoms with Crippen molar-refractivity contribution in [2.24, 2.45) is 0 Å². The van der Waals surface area contributed by atoms with Crippen LogP contribution in [0.4, 0.5) is 5.69 Å².